The van der Waals surface area contributed by atoms with Crippen LogP contribution < -0.4 is 4.70 Å². The summed E-state index contributed by atoms with van der Waals surface area (Å²) in [6.45, 7) is 14.8. The van der Waals surface area contributed by atoms with Gasteiger partial charge in [0.1, 0.15) is 0 Å². The van der Waals surface area contributed by atoms with Crippen LogP contribution in [-0.2, 0) is 0 Å². The first-order chi connectivity index (χ1) is 6.24. The van der Waals surface area contributed by atoms with Gasteiger partial charge in [-0.25, -0.2) is 0 Å². The van der Waals surface area contributed by atoms with Crippen LogP contribution in [-0.4, -0.2) is 36.1 Å². The Hall–Kier alpha value is -0.150. The average Bonchev–Trinajstić information content (AvgIpc) is 2.06. The molecule has 0 aliphatic carbocycles. The van der Waals surface area contributed by atoms with Crippen LogP contribution >= 0.6 is 0 Å². The molecule has 0 rings (SSSR count). The van der Waals surface area contributed by atoms with Crippen LogP contribution in [0.5, 0.6) is 0 Å². The molecular formula is C12H30FNO. The summed E-state index contributed by atoms with van der Waals surface area (Å²) in [5, 5.41) is 0. The standard InChI is InChI=1S/C12H28N.FH.H2O/c1-5-9-13(10-6-2,11-7-3)12-8-4;;/h5-12H2,1-4H3;1H;1H2/q+1;;/p-1. The third kappa shape index (κ3) is 7.74. The predicted octanol–water partition coefficient (Wildman–Crippen LogP) is -0.377. The quantitative estimate of drug-likeness (QED) is 0.503. The van der Waals surface area contributed by atoms with Crippen molar-refractivity contribution in [3.05, 3.63) is 0 Å². The highest BCUT2D eigenvalue weighted by Crippen LogP contribution is 2.12. The molecule has 0 heterocycles. The van der Waals surface area contributed by atoms with Gasteiger partial charge in [0.15, 0.2) is 0 Å². The second-order valence-electron chi connectivity index (χ2n) is 4.24. The zero-order valence-electron chi connectivity index (χ0n) is 11.0. The molecular weight excluding hydrogens is 193 g/mol. The molecule has 0 amide bonds. The number of nitrogens with zero attached hydrogens (tertiary/aromatic N) is 1. The second kappa shape index (κ2) is 11.9. The van der Waals surface area contributed by atoms with E-state index in [1.54, 1.807) is 0 Å². The van der Waals surface area contributed by atoms with Crippen LogP contribution in [0.2, 0.25) is 0 Å². The number of hydrogen-bond acceptors (Lipinski definition) is 0. The van der Waals surface area contributed by atoms with E-state index in [9.17, 15) is 0 Å². The molecule has 0 bridgehead atoms. The Morgan fingerprint density at radius 2 is 0.800 bits per heavy atom. The Morgan fingerprint density at radius 3 is 0.933 bits per heavy atom. The van der Waals surface area contributed by atoms with E-state index in [1.807, 2.05) is 0 Å². The van der Waals surface area contributed by atoms with Crippen molar-refractivity contribution >= 4 is 0 Å². The van der Waals surface area contributed by atoms with Gasteiger partial charge in [-0.15, -0.1) is 0 Å². The number of hydrogen-bond donors (Lipinski definition) is 0. The van der Waals surface area contributed by atoms with Gasteiger partial charge in [-0.2, -0.15) is 0 Å². The van der Waals surface area contributed by atoms with Gasteiger partial charge in [0.2, 0.25) is 0 Å². The Labute approximate surface area is 94.9 Å². The summed E-state index contributed by atoms with van der Waals surface area (Å²) in [5.41, 5.74) is 0. The summed E-state index contributed by atoms with van der Waals surface area (Å²) >= 11 is 0. The summed E-state index contributed by atoms with van der Waals surface area (Å²) in [6.07, 6.45) is 5.33. The largest absolute Gasteiger partial charge is 1.00 e. The minimum Gasteiger partial charge on any atom is -1.00 e. The summed E-state index contributed by atoms with van der Waals surface area (Å²) in [7, 11) is 0. The molecule has 0 fully saturated rings. The zero-order valence-corrected chi connectivity index (χ0v) is 11.0. The van der Waals surface area contributed by atoms with E-state index in [0.29, 0.717) is 0 Å². The fraction of sp³-hybridized carbons (Fsp3) is 1.00. The van der Waals surface area contributed by atoms with Crippen molar-refractivity contribution in [3.63, 3.8) is 0 Å². The van der Waals surface area contributed by atoms with E-state index in [0.717, 1.165) is 0 Å². The van der Waals surface area contributed by atoms with Gasteiger partial charge in [0.05, 0.1) is 26.2 Å². The lowest BCUT2D eigenvalue weighted by atomic mass is 10.2. The van der Waals surface area contributed by atoms with Crippen LogP contribution in [0.3, 0.4) is 0 Å². The Morgan fingerprint density at radius 1 is 0.600 bits per heavy atom. The van der Waals surface area contributed by atoms with Gasteiger partial charge in [-0.1, -0.05) is 27.7 Å². The van der Waals surface area contributed by atoms with Gasteiger partial charge >= 0.3 is 0 Å². The van der Waals surface area contributed by atoms with Crippen LogP contribution in [0, 0.1) is 0 Å². The summed E-state index contributed by atoms with van der Waals surface area (Å²) in [5.74, 6) is 0. The molecule has 0 atom stereocenters. The lowest BCUT2D eigenvalue weighted by Gasteiger charge is -2.38. The molecule has 0 aliphatic heterocycles. The first kappa shape index (κ1) is 20.3. The summed E-state index contributed by atoms with van der Waals surface area (Å²) in [4.78, 5) is 0. The highest BCUT2D eigenvalue weighted by molar-refractivity contribution is 4.43. The molecule has 0 aromatic rings. The Bertz CT molecular complexity index is 90.7. The topological polar surface area (TPSA) is 31.5 Å². The first-order valence-corrected chi connectivity index (χ1v) is 6.09. The highest BCUT2D eigenvalue weighted by Gasteiger charge is 2.22. The maximum atomic E-state index is 2.31. The van der Waals surface area contributed by atoms with E-state index in [1.165, 1.54) is 56.3 Å². The smallest absolute Gasteiger partial charge is 0.0783 e. The lowest BCUT2D eigenvalue weighted by Crippen LogP contribution is -3.00. The SMILES string of the molecule is CCC[N+](CCC)(CCC)CCC.O.[F-]. The van der Waals surface area contributed by atoms with Gasteiger partial charge in [0, 0.05) is 0 Å². The van der Waals surface area contributed by atoms with Crippen molar-refractivity contribution in [2.24, 2.45) is 0 Å². The molecule has 3 heteroatoms. The predicted molar refractivity (Wildman–Crippen MR) is 64.5 cm³/mol. The summed E-state index contributed by atoms with van der Waals surface area (Å²) in [6, 6.07) is 0. The molecule has 0 unspecified atom stereocenters. The number of rotatable bonds is 8. The van der Waals surface area contributed by atoms with Crippen molar-refractivity contribution in [3.8, 4) is 0 Å². The number of halogens is 1. The average molecular weight is 223 g/mol. The molecule has 0 aromatic carbocycles. The molecule has 0 aliphatic rings. The second-order valence-corrected chi connectivity index (χ2v) is 4.24. The van der Waals surface area contributed by atoms with Crippen LogP contribution in [0.15, 0.2) is 0 Å². The monoisotopic (exact) mass is 223 g/mol. The minimum absolute atomic E-state index is 0. The molecule has 2 nitrogen and oxygen atoms in total. The lowest BCUT2D eigenvalue weighted by molar-refractivity contribution is -0.928. The van der Waals surface area contributed by atoms with Crippen LogP contribution in [0.4, 0.5) is 0 Å². The van der Waals surface area contributed by atoms with Crippen LogP contribution in [0.1, 0.15) is 53.4 Å². The van der Waals surface area contributed by atoms with E-state index in [2.05, 4.69) is 27.7 Å². The fourth-order valence-electron chi connectivity index (χ4n) is 2.57. The molecule has 0 aromatic heterocycles. The maximum Gasteiger partial charge on any atom is 0.0783 e. The third-order valence-corrected chi connectivity index (χ3v) is 2.79. The Kier molecular flexibility index (Phi) is 16.1. The van der Waals surface area contributed by atoms with Gasteiger partial charge in [0.25, 0.3) is 0 Å². The van der Waals surface area contributed by atoms with E-state index >= 15 is 0 Å². The number of quaternary nitrogens is 1. The molecule has 0 saturated carbocycles. The molecule has 0 saturated heterocycles. The van der Waals surface area contributed by atoms with E-state index < -0.39 is 0 Å². The van der Waals surface area contributed by atoms with Gasteiger partial charge < -0.3 is 14.7 Å². The van der Waals surface area contributed by atoms with Gasteiger partial charge in [-0.3, -0.25) is 0 Å². The summed E-state index contributed by atoms with van der Waals surface area (Å²) < 4.78 is 1.38. The van der Waals surface area contributed by atoms with Crippen molar-refractivity contribution in [1.29, 1.82) is 0 Å². The fourth-order valence-corrected chi connectivity index (χ4v) is 2.57. The van der Waals surface area contributed by atoms with Crippen LogP contribution in [0.25, 0.3) is 0 Å². The maximum absolute atomic E-state index is 2.31. The van der Waals surface area contributed by atoms with Crippen molar-refractivity contribution in [2.75, 3.05) is 26.2 Å². The zero-order chi connectivity index (χ0) is 10.2. The Balaban J connectivity index is -0.000000720. The molecule has 0 spiro atoms. The third-order valence-electron chi connectivity index (χ3n) is 2.79. The van der Waals surface area contributed by atoms with E-state index in [-0.39, 0.29) is 10.2 Å². The molecule has 96 valence electrons. The highest BCUT2D eigenvalue weighted by atomic mass is 19.0. The van der Waals surface area contributed by atoms with Crippen molar-refractivity contribution < 1.29 is 14.7 Å². The van der Waals surface area contributed by atoms with Crippen molar-refractivity contribution in [1.82, 2.24) is 0 Å². The molecule has 2 N–H and O–H groups in total. The molecule has 0 radical (unpaired) electrons. The molecule has 15 heavy (non-hydrogen) atoms. The first-order valence-electron chi connectivity index (χ1n) is 6.09. The normalized spacial score (nSPS) is 10.4. The van der Waals surface area contributed by atoms with E-state index in [4.69, 9.17) is 0 Å². The van der Waals surface area contributed by atoms with Gasteiger partial charge in [-0.05, 0) is 25.7 Å². The minimum atomic E-state index is 0. The van der Waals surface area contributed by atoms with Crippen molar-refractivity contribution in [2.45, 2.75) is 53.4 Å².